The topological polar surface area (TPSA) is 127 Å². The molecule has 0 fully saturated rings. The molecule has 0 saturated heterocycles. The van der Waals surface area contributed by atoms with Crippen molar-refractivity contribution >= 4 is 34.2 Å². The van der Waals surface area contributed by atoms with E-state index in [0.29, 0.717) is 5.56 Å². The lowest BCUT2D eigenvalue weighted by molar-refractivity contribution is -0.386. The molecule has 8 heteroatoms. The second kappa shape index (κ2) is 5.27. The Balaban J connectivity index is 3.11. The monoisotopic (exact) mass is 352 g/mol. The molecule has 0 heterocycles. The molecule has 92 valence electrons. The Morgan fingerprint density at radius 3 is 2.65 bits per heavy atom. The lowest BCUT2D eigenvalue weighted by atomic mass is 10.1. The molecule has 0 amide bonds. The van der Waals surface area contributed by atoms with Crippen LogP contribution in [0.4, 0.5) is 5.69 Å². The minimum absolute atomic E-state index is 0.0353. The standard InChI is InChI=1S/C9H9IN2O5/c10-5-1-4(2-6(11)9(14)15)3-7(8(5)13)12(16)17/h1,3,6,13H,2,11H2,(H,14,15)/t6-/m0/s1. The van der Waals surface area contributed by atoms with Gasteiger partial charge in [-0.2, -0.15) is 0 Å². The van der Waals surface area contributed by atoms with Crippen LogP contribution < -0.4 is 5.73 Å². The van der Waals surface area contributed by atoms with Gasteiger partial charge in [0.25, 0.3) is 0 Å². The van der Waals surface area contributed by atoms with Gasteiger partial charge in [0, 0.05) is 6.07 Å². The fraction of sp³-hybridized carbons (Fsp3) is 0.222. The first kappa shape index (κ1) is 13.6. The number of phenolic OH excluding ortho intramolecular Hbond substituents is 1. The van der Waals surface area contributed by atoms with Gasteiger partial charge in [0.05, 0.1) is 8.49 Å². The third-order valence-electron chi connectivity index (χ3n) is 2.07. The normalized spacial score (nSPS) is 12.1. The predicted molar refractivity (Wildman–Crippen MR) is 66.8 cm³/mol. The first-order chi connectivity index (χ1) is 7.82. The number of rotatable bonds is 4. The Kier molecular flexibility index (Phi) is 4.23. The van der Waals surface area contributed by atoms with Crippen molar-refractivity contribution in [3.8, 4) is 5.75 Å². The summed E-state index contributed by atoms with van der Waals surface area (Å²) in [5.41, 5.74) is 5.27. The number of aromatic hydroxyl groups is 1. The third kappa shape index (κ3) is 3.27. The molecule has 7 nitrogen and oxygen atoms in total. The average molecular weight is 352 g/mol. The van der Waals surface area contributed by atoms with Crippen molar-refractivity contribution in [3.63, 3.8) is 0 Å². The molecule has 1 aromatic carbocycles. The Morgan fingerprint density at radius 1 is 1.59 bits per heavy atom. The van der Waals surface area contributed by atoms with Gasteiger partial charge >= 0.3 is 11.7 Å². The summed E-state index contributed by atoms with van der Waals surface area (Å²) in [6.07, 6.45) is -0.0353. The van der Waals surface area contributed by atoms with Crippen LogP contribution in [-0.2, 0) is 11.2 Å². The zero-order valence-corrected chi connectivity index (χ0v) is 10.6. The second-order valence-electron chi connectivity index (χ2n) is 3.35. The van der Waals surface area contributed by atoms with E-state index in [0.717, 1.165) is 6.07 Å². The minimum atomic E-state index is -1.18. The summed E-state index contributed by atoms with van der Waals surface area (Å²) in [4.78, 5) is 20.5. The molecule has 1 atom stereocenters. The number of nitro groups is 1. The Bertz CT molecular complexity index is 477. The van der Waals surface area contributed by atoms with Crippen LogP contribution in [0.2, 0.25) is 0 Å². The molecule has 0 aromatic heterocycles. The smallest absolute Gasteiger partial charge is 0.320 e. The summed E-state index contributed by atoms with van der Waals surface area (Å²) in [7, 11) is 0. The van der Waals surface area contributed by atoms with Crippen LogP contribution in [-0.4, -0.2) is 27.1 Å². The van der Waals surface area contributed by atoms with Gasteiger partial charge in [-0.3, -0.25) is 14.9 Å². The van der Waals surface area contributed by atoms with Gasteiger partial charge in [-0.15, -0.1) is 0 Å². The molecule has 17 heavy (non-hydrogen) atoms. The highest BCUT2D eigenvalue weighted by molar-refractivity contribution is 14.1. The lowest BCUT2D eigenvalue weighted by Crippen LogP contribution is -2.32. The van der Waals surface area contributed by atoms with Crippen LogP contribution >= 0.6 is 22.6 Å². The molecule has 0 aliphatic heterocycles. The molecular weight excluding hydrogens is 343 g/mol. The van der Waals surface area contributed by atoms with E-state index in [1.165, 1.54) is 6.07 Å². The van der Waals surface area contributed by atoms with Crippen molar-refractivity contribution in [2.75, 3.05) is 0 Å². The van der Waals surface area contributed by atoms with E-state index in [-0.39, 0.29) is 9.99 Å². The number of hydrogen-bond donors (Lipinski definition) is 3. The molecule has 0 unspecified atom stereocenters. The SMILES string of the molecule is N[C@@H](Cc1cc(I)c(O)c([N+](=O)[O-])c1)C(=O)O. The van der Waals surface area contributed by atoms with Crippen molar-refractivity contribution < 1.29 is 19.9 Å². The average Bonchev–Trinajstić information content (AvgIpc) is 2.22. The summed E-state index contributed by atoms with van der Waals surface area (Å²) in [5.74, 6) is -1.61. The van der Waals surface area contributed by atoms with Crippen LogP contribution in [0.15, 0.2) is 12.1 Å². The summed E-state index contributed by atoms with van der Waals surface area (Å²) in [6, 6.07) is 1.46. The van der Waals surface area contributed by atoms with E-state index in [1.54, 1.807) is 22.6 Å². The molecule has 0 radical (unpaired) electrons. The summed E-state index contributed by atoms with van der Waals surface area (Å²) in [5, 5.41) is 28.7. The highest BCUT2D eigenvalue weighted by Gasteiger charge is 2.20. The van der Waals surface area contributed by atoms with Crippen LogP contribution in [0.25, 0.3) is 0 Å². The second-order valence-corrected chi connectivity index (χ2v) is 4.51. The van der Waals surface area contributed by atoms with E-state index in [1.807, 2.05) is 0 Å². The fourth-order valence-corrected chi connectivity index (χ4v) is 1.91. The number of benzene rings is 1. The number of aliphatic carboxylic acids is 1. The lowest BCUT2D eigenvalue weighted by Gasteiger charge is -2.07. The number of hydrogen-bond acceptors (Lipinski definition) is 5. The van der Waals surface area contributed by atoms with Crippen molar-refractivity contribution in [1.82, 2.24) is 0 Å². The molecule has 0 aliphatic carbocycles. The maximum Gasteiger partial charge on any atom is 0.320 e. The number of carboxylic acids is 1. The van der Waals surface area contributed by atoms with Gasteiger partial charge < -0.3 is 15.9 Å². The van der Waals surface area contributed by atoms with Gasteiger partial charge in [-0.1, -0.05) is 0 Å². The van der Waals surface area contributed by atoms with E-state index in [9.17, 15) is 20.0 Å². The van der Waals surface area contributed by atoms with Gasteiger partial charge in [-0.05, 0) is 40.6 Å². The maximum absolute atomic E-state index is 10.6. The maximum atomic E-state index is 10.6. The fourth-order valence-electron chi connectivity index (χ4n) is 1.24. The largest absolute Gasteiger partial charge is 0.501 e. The highest BCUT2D eigenvalue weighted by Crippen LogP contribution is 2.32. The van der Waals surface area contributed by atoms with Gasteiger partial charge in [-0.25, -0.2) is 0 Å². The number of halogens is 1. The zero-order chi connectivity index (χ0) is 13.2. The Hall–Kier alpha value is -1.42. The zero-order valence-electron chi connectivity index (χ0n) is 8.46. The van der Waals surface area contributed by atoms with Crippen molar-refractivity contribution in [3.05, 3.63) is 31.4 Å². The number of nitrogens with two attached hydrogens (primary N) is 1. The number of nitrogens with zero attached hydrogens (tertiary/aromatic N) is 1. The van der Waals surface area contributed by atoms with Gasteiger partial charge in [0.1, 0.15) is 6.04 Å². The summed E-state index contributed by atoms with van der Waals surface area (Å²) in [6.45, 7) is 0. The molecule has 1 rings (SSSR count). The first-order valence-electron chi connectivity index (χ1n) is 4.47. The molecule has 1 aromatic rings. The van der Waals surface area contributed by atoms with Crippen molar-refractivity contribution in [2.24, 2.45) is 5.73 Å². The van der Waals surface area contributed by atoms with Crippen LogP contribution in [0.5, 0.6) is 5.75 Å². The number of carboxylic acid groups (broad SMARTS) is 1. The van der Waals surface area contributed by atoms with E-state index >= 15 is 0 Å². The highest BCUT2D eigenvalue weighted by atomic mass is 127. The summed E-state index contributed by atoms with van der Waals surface area (Å²) < 4.78 is 0.282. The van der Waals surface area contributed by atoms with Gasteiger partial charge in [0.15, 0.2) is 0 Å². The first-order valence-corrected chi connectivity index (χ1v) is 5.55. The number of phenols is 1. The predicted octanol–water partition coefficient (Wildman–Crippen LogP) is 0.859. The van der Waals surface area contributed by atoms with Crippen LogP contribution in [0.1, 0.15) is 5.56 Å². The Morgan fingerprint density at radius 2 is 2.18 bits per heavy atom. The van der Waals surface area contributed by atoms with Crippen LogP contribution in [0.3, 0.4) is 0 Å². The molecule has 0 bridgehead atoms. The quantitative estimate of drug-likeness (QED) is 0.419. The van der Waals surface area contributed by atoms with Crippen molar-refractivity contribution in [2.45, 2.75) is 12.5 Å². The minimum Gasteiger partial charge on any atom is -0.501 e. The third-order valence-corrected chi connectivity index (χ3v) is 2.89. The molecule has 0 aliphatic rings. The van der Waals surface area contributed by atoms with E-state index in [4.69, 9.17) is 10.8 Å². The summed E-state index contributed by atoms with van der Waals surface area (Å²) >= 11 is 1.73. The van der Waals surface area contributed by atoms with Gasteiger partial charge in [0.2, 0.25) is 5.75 Å². The van der Waals surface area contributed by atoms with Crippen LogP contribution in [0, 0.1) is 13.7 Å². The number of nitro benzene ring substituents is 1. The molecule has 0 spiro atoms. The molecule has 0 saturated carbocycles. The molecule has 4 N–H and O–H groups in total. The van der Waals surface area contributed by atoms with Crippen molar-refractivity contribution in [1.29, 1.82) is 0 Å². The number of carbonyl (C=O) groups is 1. The van der Waals surface area contributed by atoms with E-state index in [2.05, 4.69) is 0 Å². The molecular formula is C9H9IN2O5. The van der Waals surface area contributed by atoms with E-state index < -0.39 is 28.4 Å². The Labute approximate surface area is 110 Å².